The van der Waals surface area contributed by atoms with Crippen molar-refractivity contribution in [2.45, 2.75) is 30.5 Å². The third-order valence-electron chi connectivity index (χ3n) is 5.05. The van der Waals surface area contributed by atoms with Gasteiger partial charge in [0.25, 0.3) is 0 Å². The van der Waals surface area contributed by atoms with Crippen LogP contribution >= 0.6 is 27.3 Å². The van der Waals surface area contributed by atoms with Crippen LogP contribution in [0.15, 0.2) is 46.3 Å². The van der Waals surface area contributed by atoms with Crippen LogP contribution in [0.2, 0.25) is 0 Å². The number of fused-ring (bicyclic) bond motifs is 1. The molecule has 4 rings (SSSR count). The van der Waals surface area contributed by atoms with Crippen LogP contribution in [0, 0.1) is 0 Å². The Balaban J connectivity index is 1.47. The van der Waals surface area contributed by atoms with E-state index in [1.807, 2.05) is 30.3 Å². The Kier molecular flexibility index (Phi) is 6.53. The molecular weight excluding hydrogens is 490 g/mol. The second-order valence-electron chi connectivity index (χ2n) is 7.05. The van der Waals surface area contributed by atoms with Crippen molar-refractivity contribution >= 4 is 54.9 Å². The second-order valence-corrected chi connectivity index (χ2v) is 8.76. The Labute approximate surface area is 189 Å². The van der Waals surface area contributed by atoms with E-state index in [0.29, 0.717) is 5.69 Å². The van der Waals surface area contributed by atoms with Crippen molar-refractivity contribution in [2.24, 2.45) is 0 Å². The van der Waals surface area contributed by atoms with Crippen molar-refractivity contribution in [3.05, 3.63) is 51.9 Å². The predicted octanol–water partition coefficient (Wildman–Crippen LogP) is 2.22. The van der Waals surface area contributed by atoms with E-state index in [1.165, 1.54) is 0 Å². The number of nitrogens with one attached hydrogen (secondary N) is 2. The van der Waals surface area contributed by atoms with Crippen LogP contribution < -0.4 is 10.6 Å². The van der Waals surface area contributed by atoms with Gasteiger partial charge >= 0.3 is 6.03 Å². The van der Waals surface area contributed by atoms with Crippen LogP contribution in [0.25, 0.3) is 10.8 Å². The molecule has 11 heteroatoms. The number of halogens is 1. The molecule has 5 atom stereocenters. The molecule has 1 aliphatic rings. The number of aromatic nitrogens is 1. The van der Waals surface area contributed by atoms with Crippen LogP contribution in [-0.2, 0) is 4.74 Å². The van der Waals surface area contributed by atoms with E-state index in [4.69, 9.17) is 4.74 Å². The van der Waals surface area contributed by atoms with E-state index in [1.54, 1.807) is 11.4 Å². The van der Waals surface area contributed by atoms with Crippen molar-refractivity contribution in [3.63, 3.8) is 0 Å². The summed E-state index contributed by atoms with van der Waals surface area (Å²) in [4.78, 5) is 16.8. The smallest absolute Gasteiger partial charge is 0.325 e. The molecular formula is C20H20BrN3O6S. The summed E-state index contributed by atoms with van der Waals surface area (Å²) >= 11 is 4.61. The maximum absolute atomic E-state index is 12.5. The van der Waals surface area contributed by atoms with Gasteiger partial charge in [-0.05, 0) is 17.5 Å². The lowest BCUT2D eigenvalue weighted by Crippen LogP contribution is -2.55. The molecule has 0 unspecified atom stereocenters. The monoisotopic (exact) mass is 509 g/mol. The first-order chi connectivity index (χ1) is 14.9. The summed E-state index contributed by atoms with van der Waals surface area (Å²) in [5, 5.41) is 48.5. The van der Waals surface area contributed by atoms with Gasteiger partial charge in [0, 0.05) is 15.2 Å². The van der Waals surface area contributed by atoms with Gasteiger partial charge < -0.3 is 30.5 Å². The Morgan fingerprint density at radius 3 is 2.55 bits per heavy atom. The minimum atomic E-state index is -1.50. The van der Waals surface area contributed by atoms with Gasteiger partial charge in [0.15, 0.2) is 5.13 Å². The summed E-state index contributed by atoms with van der Waals surface area (Å²) in [6, 6.07) is 10.8. The van der Waals surface area contributed by atoms with Crippen molar-refractivity contribution in [3.8, 4) is 0 Å². The Hall–Kier alpha value is -2.12. The first-order valence-corrected chi connectivity index (χ1v) is 11.1. The summed E-state index contributed by atoms with van der Waals surface area (Å²) in [5.74, 6) is 0. The molecule has 164 valence electrons. The first kappa shape index (κ1) is 22.1. The molecule has 0 spiro atoms. The molecule has 1 fully saturated rings. The zero-order chi connectivity index (χ0) is 22.1. The number of carbonyl (C=O) groups is 1. The lowest BCUT2D eigenvalue weighted by atomic mass is 9.94. The standard InChI is InChI=1S/C20H20BrN3O6S/c21-11-5-6-12(10-4-2-1-3-9(10)11)22-19(29)24-20-23-13(8-31-20)18-17(28)16(27)15(26)14(7-25)30-18/h1-6,8,14-18,25-28H,7H2,(H2,22,23,24,29)/t14-,15-,16+,17-,18+/m1/s1. The number of amides is 2. The molecule has 0 bridgehead atoms. The maximum atomic E-state index is 12.5. The number of aliphatic hydroxyl groups excluding tert-OH is 4. The number of hydrogen-bond acceptors (Lipinski definition) is 8. The predicted molar refractivity (Wildman–Crippen MR) is 119 cm³/mol. The number of benzene rings is 2. The fourth-order valence-electron chi connectivity index (χ4n) is 3.44. The molecule has 2 amide bonds. The highest BCUT2D eigenvalue weighted by molar-refractivity contribution is 9.10. The van der Waals surface area contributed by atoms with Crippen LogP contribution in [0.1, 0.15) is 11.8 Å². The summed E-state index contributed by atoms with van der Waals surface area (Å²) < 4.78 is 6.41. The highest BCUT2D eigenvalue weighted by Crippen LogP contribution is 2.34. The average molecular weight is 510 g/mol. The molecule has 1 saturated heterocycles. The summed E-state index contributed by atoms with van der Waals surface area (Å²) in [6.45, 7) is -0.528. The van der Waals surface area contributed by atoms with Crippen molar-refractivity contribution in [1.82, 2.24) is 4.98 Å². The molecule has 0 aliphatic carbocycles. The van der Waals surface area contributed by atoms with Crippen LogP contribution in [0.4, 0.5) is 15.6 Å². The second kappa shape index (κ2) is 9.17. The fraction of sp³-hybridized carbons (Fsp3) is 0.300. The van der Waals surface area contributed by atoms with Crippen LogP contribution in [-0.4, -0.2) is 62.5 Å². The SMILES string of the molecule is O=C(Nc1nc([C@@H]2O[C@H](CO)[C@@H](O)[C@H](O)[C@H]2O)cs1)Nc1ccc(Br)c2ccccc12. The maximum Gasteiger partial charge on any atom is 0.325 e. The number of nitrogens with zero attached hydrogens (tertiary/aromatic N) is 1. The topological polar surface area (TPSA) is 144 Å². The van der Waals surface area contributed by atoms with E-state index in [0.717, 1.165) is 26.6 Å². The van der Waals surface area contributed by atoms with Gasteiger partial charge in [-0.2, -0.15) is 0 Å². The lowest BCUT2D eigenvalue weighted by molar-refractivity contribution is -0.232. The van der Waals surface area contributed by atoms with E-state index in [2.05, 4.69) is 31.5 Å². The Bertz CT molecular complexity index is 1090. The van der Waals surface area contributed by atoms with Gasteiger partial charge in [0.2, 0.25) is 0 Å². The molecule has 3 aromatic rings. The van der Waals surface area contributed by atoms with Crippen LogP contribution in [0.5, 0.6) is 0 Å². The van der Waals surface area contributed by atoms with Crippen molar-refractivity contribution in [2.75, 3.05) is 17.2 Å². The van der Waals surface area contributed by atoms with Gasteiger partial charge in [-0.15, -0.1) is 11.3 Å². The van der Waals surface area contributed by atoms with Gasteiger partial charge in [-0.1, -0.05) is 40.2 Å². The highest BCUT2D eigenvalue weighted by Gasteiger charge is 2.44. The number of rotatable bonds is 4. The molecule has 0 saturated carbocycles. The third-order valence-corrected chi connectivity index (χ3v) is 6.51. The molecule has 9 nitrogen and oxygen atoms in total. The number of carbonyl (C=O) groups excluding carboxylic acids is 1. The molecule has 2 aromatic carbocycles. The van der Waals surface area contributed by atoms with E-state index in [-0.39, 0.29) is 10.8 Å². The zero-order valence-corrected chi connectivity index (χ0v) is 18.4. The number of hydrogen-bond donors (Lipinski definition) is 6. The molecule has 0 radical (unpaired) electrons. The van der Waals surface area contributed by atoms with E-state index >= 15 is 0 Å². The van der Waals surface area contributed by atoms with Crippen molar-refractivity contribution in [1.29, 1.82) is 0 Å². The van der Waals surface area contributed by atoms with Gasteiger partial charge in [0.05, 0.1) is 18.0 Å². The minimum Gasteiger partial charge on any atom is -0.394 e. The van der Waals surface area contributed by atoms with Gasteiger partial charge in [-0.3, -0.25) is 5.32 Å². The highest BCUT2D eigenvalue weighted by atomic mass is 79.9. The number of ether oxygens (including phenoxy) is 1. The number of aliphatic hydroxyl groups is 4. The molecule has 31 heavy (non-hydrogen) atoms. The zero-order valence-electron chi connectivity index (χ0n) is 16.0. The Morgan fingerprint density at radius 1 is 1.06 bits per heavy atom. The molecule has 1 aliphatic heterocycles. The fourth-order valence-corrected chi connectivity index (χ4v) is 4.65. The van der Waals surface area contributed by atoms with Gasteiger partial charge in [0.1, 0.15) is 30.5 Å². The van der Waals surface area contributed by atoms with E-state index < -0.39 is 43.2 Å². The molecule has 6 N–H and O–H groups in total. The first-order valence-electron chi connectivity index (χ1n) is 9.40. The lowest BCUT2D eigenvalue weighted by Gasteiger charge is -2.39. The summed E-state index contributed by atoms with van der Waals surface area (Å²) in [5.41, 5.74) is 0.897. The molecule has 2 heterocycles. The van der Waals surface area contributed by atoms with Crippen molar-refractivity contribution < 1.29 is 30.0 Å². The summed E-state index contributed by atoms with van der Waals surface area (Å²) in [6.07, 6.45) is -6.46. The minimum absolute atomic E-state index is 0.255. The summed E-state index contributed by atoms with van der Waals surface area (Å²) in [7, 11) is 0. The third kappa shape index (κ3) is 4.44. The van der Waals surface area contributed by atoms with Crippen LogP contribution in [0.3, 0.4) is 0 Å². The van der Waals surface area contributed by atoms with Gasteiger partial charge in [-0.25, -0.2) is 9.78 Å². The number of anilines is 2. The number of thiazole rings is 1. The normalized spacial score (nSPS) is 26.0. The Morgan fingerprint density at radius 2 is 1.81 bits per heavy atom. The van der Waals surface area contributed by atoms with E-state index in [9.17, 15) is 25.2 Å². The largest absolute Gasteiger partial charge is 0.394 e. The quantitative estimate of drug-likeness (QED) is 0.316. The molecule has 1 aromatic heterocycles. The number of urea groups is 1. The average Bonchev–Trinajstić information content (AvgIpc) is 3.22.